The van der Waals surface area contributed by atoms with Gasteiger partial charge in [-0.3, -0.25) is 24.0 Å². The van der Waals surface area contributed by atoms with E-state index < -0.39 is 60.7 Å². The standard InChI is InChI=1S/C16H23NO10/c1-8(19)17-13(6-18)15(26-11(4)22)16(27-12(5)23)14(25-10(3)21)7-24-9(2)20/h6,13-16H,7H2,1-5H3,(H,17,19)/t13-,14+,15+,16-/m0/s1. The lowest BCUT2D eigenvalue weighted by atomic mass is 10.0. The van der Waals surface area contributed by atoms with E-state index in [0.29, 0.717) is 0 Å². The predicted molar refractivity (Wildman–Crippen MR) is 87.0 cm³/mol. The second kappa shape index (κ2) is 11.6. The maximum absolute atomic E-state index is 11.5. The van der Waals surface area contributed by atoms with Gasteiger partial charge in [-0.2, -0.15) is 0 Å². The fourth-order valence-electron chi connectivity index (χ4n) is 2.12. The van der Waals surface area contributed by atoms with Crippen LogP contribution in [-0.2, 0) is 47.7 Å². The fraction of sp³-hybridized carbons (Fsp3) is 0.625. The van der Waals surface area contributed by atoms with E-state index in [9.17, 15) is 28.8 Å². The molecular weight excluding hydrogens is 366 g/mol. The van der Waals surface area contributed by atoms with Crippen molar-refractivity contribution in [2.75, 3.05) is 6.61 Å². The van der Waals surface area contributed by atoms with Crippen LogP contribution in [0, 0.1) is 0 Å². The van der Waals surface area contributed by atoms with E-state index in [1.54, 1.807) is 0 Å². The summed E-state index contributed by atoms with van der Waals surface area (Å²) >= 11 is 0. The molecule has 0 aliphatic rings. The van der Waals surface area contributed by atoms with Crippen LogP contribution in [0.3, 0.4) is 0 Å². The van der Waals surface area contributed by atoms with E-state index >= 15 is 0 Å². The van der Waals surface area contributed by atoms with Crippen LogP contribution in [0.4, 0.5) is 0 Å². The summed E-state index contributed by atoms with van der Waals surface area (Å²) < 4.78 is 19.9. The second-order valence-electron chi connectivity index (χ2n) is 5.46. The molecule has 0 aromatic heterocycles. The van der Waals surface area contributed by atoms with Crippen LogP contribution in [0.15, 0.2) is 0 Å². The van der Waals surface area contributed by atoms with Gasteiger partial charge in [-0.25, -0.2) is 0 Å². The molecule has 0 heterocycles. The van der Waals surface area contributed by atoms with Gasteiger partial charge < -0.3 is 29.1 Å². The Morgan fingerprint density at radius 3 is 1.63 bits per heavy atom. The normalized spacial score (nSPS) is 14.6. The second-order valence-corrected chi connectivity index (χ2v) is 5.46. The summed E-state index contributed by atoms with van der Waals surface area (Å²) in [6.07, 6.45) is -4.23. The zero-order valence-electron chi connectivity index (χ0n) is 15.7. The number of carbonyl (C=O) groups excluding carboxylic acids is 6. The first-order valence-electron chi connectivity index (χ1n) is 7.85. The van der Waals surface area contributed by atoms with Crippen molar-refractivity contribution in [1.29, 1.82) is 0 Å². The molecule has 0 aliphatic heterocycles. The third-order valence-corrected chi connectivity index (χ3v) is 2.93. The highest BCUT2D eigenvalue weighted by Gasteiger charge is 2.42. The van der Waals surface area contributed by atoms with Crippen LogP contribution in [-0.4, -0.2) is 67.0 Å². The topological polar surface area (TPSA) is 151 Å². The number of ether oxygens (including phenoxy) is 4. The highest BCUT2D eigenvalue weighted by atomic mass is 16.6. The molecule has 0 fully saturated rings. The first-order chi connectivity index (χ1) is 12.5. The van der Waals surface area contributed by atoms with E-state index in [-0.39, 0.29) is 6.29 Å². The minimum atomic E-state index is -1.55. The average Bonchev–Trinajstić information content (AvgIpc) is 2.51. The van der Waals surface area contributed by atoms with Crippen LogP contribution >= 0.6 is 0 Å². The molecule has 4 atom stereocenters. The molecule has 0 aliphatic carbocycles. The third-order valence-electron chi connectivity index (χ3n) is 2.93. The third kappa shape index (κ3) is 9.92. The molecule has 1 N–H and O–H groups in total. The Labute approximate surface area is 155 Å². The van der Waals surface area contributed by atoms with E-state index in [2.05, 4.69) is 5.32 Å². The lowest BCUT2D eigenvalue weighted by molar-refractivity contribution is -0.191. The van der Waals surface area contributed by atoms with Crippen LogP contribution in [0.1, 0.15) is 34.6 Å². The summed E-state index contributed by atoms with van der Waals surface area (Å²) in [5.41, 5.74) is 0. The van der Waals surface area contributed by atoms with Gasteiger partial charge in [-0.15, -0.1) is 0 Å². The molecule has 11 nitrogen and oxygen atoms in total. The number of rotatable bonds is 10. The summed E-state index contributed by atoms with van der Waals surface area (Å²) in [5, 5.41) is 2.24. The van der Waals surface area contributed by atoms with Crippen molar-refractivity contribution >= 4 is 36.1 Å². The molecule has 0 bridgehead atoms. The van der Waals surface area contributed by atoms with Crippen LogP contribution in [0.5, 0.6) is 0 Å². The number of amides is 1. The summed E-state index contributed by atoms with van der Waals surface area (Å²) in [7, 11) is 0. The first-order valence-corrected chi connectivity index (χ1v) is 7.85. The molecule has 0 radical (unpaired) electrons. The van der Waals surface area contributed by atoms with Crippen molar-refractivity contribution in [3.8, 4) is 0 Å². The number of hydrogen-bond acceptors (Lipinski definition) is 10. The van der Waals surface area contributed by atoms with Crippen molar-refractivity contribution in [3.05, 3.63) is 0 Å². The van der Waals surface area contributed by atoms with E-state index in [1.807, 2.05) is 0 Å². The van der Waals surface area contributed by atoms with Gasteiger partial charge in [-0.05, 0) is 0 Å². The molecule has 0 aromatic carbocycles. The summed E-state index contributed by atoms with van der Waals surface area (Å²) in [6, 6.07) is -1.42. The van der Waals surface area contributed by atoms with Gasteiger partial charge in [0.1, 0.15) is 18.9 Å². The number of carbonyl (C=O) groups is 6. The van der Waals surface area contributed by atoms with Crippen LogP contribution < -0.4 is 5.32 Å². The SMILES string of the molecule is CC(=O)N[C@@H](C=O)[C@@H](OC(C)=O)[C@@H](OC(C)=O)[C@@H](COC(C)=O)OC(C)=O. The van der Waals surface area contributed by atoms with Crippen molar-refractivity contribution in [2.24, 2.45) is 0 Å². The molecule has 0 rings (SSSR count). The maximum atomic E-state index is 11.5. The van der Waals surface area contributed by atoms with E-state index in [4.69, 9.17) is 18.9 Å². The van der Waals surface area contributed by atoms with Crippen molar-refractivity contribution < 1.29 is 47.7 Å². The number of esters is 4. The van der Waals surface area contributed by atoms with Gasteiger partial charge in [0.15, 0.2) is 18.3 Å². The molecule has 152 valence electrons. The molecule has 0 aromatic rings. The van der Waals surface area contributed by atoms with Gasteiger partial charge >= 0.3 is 23.9 Å². The summed E-state index contributed by atoms with van der Waals surface area (Å²) in [6.45, 7) is 4.78. The molecule has 0 spiro atoms. The fourth-order valence-corrected chi connectivity index (χ4v) is 2.12. The minimum absolute atomic E-state index is 0.266. The summed E-state index contributed by atoms with van der Waals surface area (Å²) in [5.74, 6) is -3.87. The smallest absolute Gasteiger partial charge is 0.303 e. The Morgan fingerprint density at radius 1 is 0.778 bits per heavy atom. The summed E-state index contributed by atoms with van der Waals surface area (Å²) in [4.78, 5) is 68.3. The molecule has 11 heteroatoms. The van der Waals surface area contributed by atoms with Crippen molar-refractivity contribution in [2.45, 2.75) is 59.0 Å². The Bertz CT molecular complexity index is 588. The first kappa shape index (κ1) is 24.0. The lowest BCUT2D eigenvalue weighted by Crippen LogP contribution is -2.57. The highest BCUT2D eigenvalue weighted by molar-refractivity contribution is 5.78. The molecule has 0 saturated heterocycles. The predicted octanol–water partition coefficient (Wildman–Crippen LogP) is -0.952. The Kier molecular flexibility index (Phi) is 10.3. The van der Waals surface area contributed by atoms with Gasteiger partial charge in [0, 0.05) is 34.6 Å². The van der Waals surface area contributed by atoms with Gasteiger partial charge in [0.05, 0.1) is 0 Å². The molecule has 1 amide bonds. The molecular formula is C16H23NO10. The number of hydrogen-bond donors (Lipinski definition) is 1. The van der Waals surface area contributed by atoms with Crippen molar-refractivity contribution in [3.63, 3.8) is 0 Å². The highest BCUT2D eigenvalue weighted by Crippen LogP contribution is 2.17. The zero-order valence-corrected chi connectivity index (χ0v) is 15.7. The monoisotopic (exact) mass is 389 g/mol. The Balaban J connectivity index is 6.00. The van der Waals surface area contributed by atoms with Crippen molar-refractivity contribution in [1.82, 2.24) is 5.32 Å². The molecule has 27 heavy (non-hydrogen) atoms. The number of nitrogens with one attached hydrogen (secondary N) is 1. The molecule has 0 saturated carbocycles. The van der Waals surface area contributed by atoms with Gasteiger partial charge in [0.2, 0.25) is 5.91 Å². The lowest BCUT2D eigenvalue weighted by Gasteiger charge is -2.34. The van der Waals surface area contributed by atoms with Gasteiger partial charge in [-0.1, -0.05) is 0 Å². The zero-order chi connectivity index (χ0) is 21.1. The van der Waals surface area contributed by atoms with Crippen LogP contribution in [0.2, 0.25) is 0 Å². The quantitative estimate of drug-likeness (QED) is 0.281. The minimum Gasteiger partial charge on any atom is -0.462 e. The van der Waals surface area contributed by atoms with Gasteiger partial charge in [0.25, 0.3) is 0 Å². The van der Waals surface area contributed by atoms with E-state index in [0.717, 1.165) is 34.6 Å². The maximum Gasteiger partial charge on any atom is 0.303 e. The Morgan fingerprint density at radius 2 is 1.26 bits per heavy atom. The Hall–Kier alpha value is -2.98. The molecule has 0 unspecified atom stereocenters. The van der Waals surface area contributed by atoms with E-state index in [1.165, 1.54) is 0 Å². The largest absolute Gasteiger partial charge is 0.462 e. The average molecular weight is 389 g/mol. The number of aldehydes is 1. The van der Waals surface area contributed by atoms with Crippen LogP contribution in [0.25, 0.3) is 0 Å².